The zero-order valence-corrected chi connectivity index (χ0v) is 8.38. The molecule has 0 spiro atoms. The van der Waals surface area contributed by atoms with Gasteiger partial charge in [0.2, 0.25) is 0 Å². The van der Waals surface area contributed by atoms with Crippen molar-refractivity contribution >= 4 is 0 Å². The van der Waals surface area contributed by atoms with Crippen molar-refractivity contribution in [3.63, 3.8) is 0 Å². The Labute approximate surface area is 80.3 Å². The lowest BCUT2D eigenvalue weighted by Gasteiger charge is -2.11. The smallest absolute Gasteiger partial charge is 0.0289 e. The van der Waals surface area contributed by atoms with Crippen molar-refractivity contribution in [3.8, 4) is 0 Å². The van der Waals surface area contributed by atoms with Crippen LogP contribution in [0.1, 0.15) is 18.1 Å². The van der Waals surface area contributed by atoms with Crippen LogP contribution in [-0.2, 0) is 6.42 Å². The molecule has 1 heteroatoms. The summed E-state index contributed by atoms with van der Waals surface area (Å²) in [7, 11) is 0. The Balaban J connectivity index is 2.69. The number of hydrogen-bond acceptors (Lipinski definition) is 1. The van der Waals surface area contributed by atoms with Gasteiger partial charge in [-0.2, -0.15) is 0 Å². The number of nitrogens with two attached hydrogens (primary N) is 1. The summed E-state index contributed by atoms with van der Waals surface area (Å²) >= 11 is 0. The topological polar surface area (TPSA) is 26.0 Å². The summed E-state index contributed by atoms with van der Waals surface area (Å²) in [6.07, 6.45) is 0.886. The zero-order valence-electron chi connectivity index (χ0n) is 8.38. The minimum Gasteiger partial charge on any atom is -0.324 e. The van der Waals surface area contributed by atoms with Crippen molar-refractivity contribution < 1.29 is 0 Å². The van der Waals surface area contributed by atoms with Gasteiger partial charge in [-0.1, -0.05) is 42.0 Å². The van der Waals surface area contributed by atoms with Crippen LogP contribution < -0.4 is 5.73 Å². The Morgan fingerprint density at radius 2 is 2.23 bits per heavy atom. The first-order valence-corrected chi connectivity index (χ1v) is 4.56. The second-order valence-electron chi connectivity index (χ2n) is 3.65. The molecule has 70 valence electrons. The monoisotopic (exact) mass is 175 g/mol. The third-order valence-electron chi connectivity index (χ3n) is 2.17. The van der Waals surface area contributed by atoms with Crippen LogP contribution in [0.25, 0.3) is 0 Å². The van der Waals surface area contributed by atoms with Crippen LogP contribution in [0.3, 0.4) is 0 Å². The summed E-state index contributed by atoms with van der Waals surface area (Å²) in [4.78, 5) is 0. The molecule has 1 aromatic carbocycles. The van der Waals surface area contributed by atoms with Gasteiger partial charge in [0.15, 0.2) is 0 Å². The van der Waals surface area contributed by atoms with Crippen LogP contribution in [-0.4, -0.2) is 6.04 Å². The summed E-state index contributed by atoms with van der Waals surface area (Å²) in [5.41, 5.74) is 9.51. The summed E-state index contributed by atoms with van der Waals surface area (Å²) in [5, 5.41) is 0. The Bertz CT molecular complexity index is 302. The highest BCUT2D eigenvalue weighted by Crippen LogP contribution is 2.08. The molecular weight excluding hydrogens is 158 g/mol. The van der Waals surface area contributed by atoms with Crippen molar-refractivity contribution in [1.82, 2.24) is 0 Å². The number of aryl methyl sites for hydroxylation is 1. The van der Waals surface area contributed by atoms with Gasteiger partial charge >= 0.3 is 0 Å². The molecule has 0 bridgehead atoms. The van der Waals surface area contributed by atoms with E-state index >= 15 is 0 Å². The molecular formula is C12H17N. The van der Waals surface area contributed by atoms with E-state index in [0.29, 0.717) is 0 Å². The first-order chi connectivity index (χ1) is 6.09. The third kappa shape index (κ3) is 3.03. The van der Waals surface area contributed by atoms with Gasteiger partial charge in [-0.05, 0) is 25.8 Å². The minimum absolute atomic E-state index is 0.0850. The fraction of sp³-hybridized carbons (Fsp3) is 0.333. The van der Waals surface area contributed by atoms with Crippen molar-refractivity contribution in [3.05, 3.63) is 47.5 Å². The quantitative estimate of drug-likeness (QED) is 0.701. The molecule has 0 amide bonds. The summed E-state index contributed by atoms with van der Waals surface area (Å²) in [5.74, 6) is 0. The maximum Gasteiger partial charge on any atom is 0.0289 e. The minimum atomic E-state index is 0.0850. The van der Waals surface area contributed by atoms with Gasteiger partial charge in [0.05, 0.1) is 0 Å². The average Bonchev–Trinajstić information content (AvgIpc) is 2.04. The van der Waals surface area contributed by atoms with Gasteiger partial charge in [-0.25, -0.2) is 0 Å². The van der Waals surface area contributed by atoms with Gasteiger partial charge in [0.1, 0.15) is 0 Å². The molecule has 0 fully saturated rings. The maximum atomic E-state index is 5.90. The molecule has 2 N–H and O–H groups in total. The van der Waals surface area contributed by atoms with Crippen LogP contribution in [0.2, 0.25) is 0 Å². The van der Waals surface area contributed by atoms with E-state index in [1.807, 2.05) is 6.92 Å². The third-order valence-corrected chi connectivity index (χ3v) is 2.17. The highest BCUT2D eigenvalue weighted by Gasteiger charge is 2.03. The van der Waals surface area contributed by atoms with Crippen molar-refractivity contribution in [2.24, 2.45) is 5.73 Å². The fourth-order valence-corrected chi connectivity index (χ4v) is 1.27. The van der Waals surface area contributed by atoms with E-state index < -0.39 is 0 Å². The molecule has 0 aromatic heterocycles. The second-order valence-corrected chi connectivity index (χ2v) is 3.65. The van der Waals surface area contributed by atoms with E-state index in [2.05, 4.69) is 37.8 Å². The van der Waals surface area contributed by atoms with E-state index in [0.717, 1.165) is 12.0 Å². The maximum absolute atomic E-state index is 5.90. The lowest BCUT2D eigenvalue weighted by atomic mass is 10.0. The van der Waals surface area contributed by atoms with Crippen LogP contribution in [0.5, 0.6) is 0 Å². The number of benzene rings is 1. The first-order valence-electron chi connectivity index (χ1n) is 4.56. The molecule has 0 aliphatic heterocycles. The van der Waals surface area contributed by atoms with Gasteiger partial charge in [-0.3, -0.25) is 0 Å². The van der Waals surface area contributed by atoms with Crippen LogP contribution in [0.15, 0.2) is 36.4 Å². The average molecular weight is 175 g/mol. The van der Waals surface area contributed by atoms with Crippen LogP contribution in [0, 0.1) is 6.92 Å². The lowest BCUT2D eigenvalue weighted by Crippen LogP contribution is -2.23. The predicted octanol–water partition coefficient (Wildman–Crippen LogP) is 2.44. The molecule has 0 radical (unpaired) electrons. The molecule has 13 heavy (non-hydrogen) atoms. The second kappa shape index (κ2) is 4.24. The summed E-state index contributed by atoms with van der Waals surface area (Å²) < 4.78 is 0. The van der Waals surface area contributed by atoms with E-state index in [1.54, 1.807) is 0 Å². The molecule has 1 unspecified atom stereocenters. The van der Waals surface area contributed by atoms with Crippen molar-refractivity contribution in [2.75, 3.05) is 0 Å². The predicted molar refractivity (Wildman–Crippen MR) is 57.7 cm³/mol. The highest BCUT2D eigenvalue weighted by atomic mass is 14.6. The van der Waals surface area contributed by atoms with Crippen LogP contribution >= 0.6 is 0 Å². The molecule has 0 saturated heterocycles. The standard InChI is InChI=1S/C12H17N/c1-9(2)12(13)8-11-6-4-5-10(3)7-11/h4-7,12H,1,8,13H2,2-3H3. The van der Waals surface area contributed by atoms with E-state index in [-0.39, 0.29) is 6.04 Å². The Hall–Kier alpha value is -1.08. The van der Waals surface area contributed by atoms with Gasteiger partial charge < -0.3 is 5.73 Å². The van der Waals surface area contributed by atoms with Gasteiger partial charge in [-0.15, -0.1) is 0 Å². The molecule has 1 atom stereocenters. The Morgan fingerprint density at radius 1 is 1.54 bits per heavy atom. The van der Waals surface area contributed by atoms with Crippen molar-refractivity contribution in [1.29, 1.82) is 0 Å². The zero-order chi connectivity index (χ0) is 9.84. The Kier molecular flexibility index (Phi) is 3.26. The lowest BCUT2D eigenvalue weighted by molar-refractivity contribution is 0.766. The summed E-state index contributed by atoms with van der Waals surface area (Å²) in [6.45, 7) is 7.91. The molecule has 0 saturated carbocycles. The van der Waals surface area contributed by atoms with Crippen LogP contribution in [0.4, 0.5) is 0 Å². The van der Waals surface area contributed by atoms with Gasteiger partial charge in [0.25, 0.3) is 0 Å². The largest absolute Gasteiger partial charge is 0.324 e. The highest BCUT2D eigenvalue weighted by molar-refractivity contribution is 5.24. The molecule has 0 aliphatic rings. The Morgan fingerprint density at radius 3 is 2.77 bits per heavy atom. The first kappa shape index (κ1) is 10.0. The molecule has 0 heterocycles. The van der Waals surface area contributed by atoms with E-state index in [9.17, 15) is 0 Å². The van der Waals surface area contributed by atoms with Gasteiger partial charge in [0, 0.05) is 6.04 Å². The molecule has 1 aromatic rings. The molecule has 1 nitrogen and oxygen atoms in total. The normalized spacial score (nSPS) is 12.5. The van der Waals surface area contributed by atoms with Crippen molar-refractivity contribution in [2.45, 2.75) is 26.3 Å². The molecule has 0 aliphatic carbocycles. The summed E-state index contributed by atoms with van der Waals surface area (Å²) in [6, 6.07) is 8.52. The number of rotatable bonds is 3. The molecule has 1 rings (SSSR count). The number of hydrogen-bond donors (Lipinski definition) is 1. The SMILES string of the molecule is C=C(C)C(N)Cc1cccc(C)c1. The van der Waals surface area contributed by atoms with E-state index in [1.165, 1.54) is 11.1 Å². The van der Waals surface area contributed by atoms with E-state index in [4.69, 9.17) is 5.73 Å². The fourth-order valence-electron chi connectivity index (χ4n) is 1.27.